The van der Waals surface area contributed by atoms with Gasteiger partial charge in [-0.2, -0.15) is 0 Å². The van der Waals surface area contributed by atoms with Crippen molar-refractivity contribution in [3.8, 4) is 0 Å². The van der Waals surface area contributed by atoms with E-state index < -0.39 is 6.16 Å². The van der Waals surface area contributed by atoms with E-state index in [1.54, 1.807) is 18.6 Å². The van der Waals surface area contributed by atoms with Gasteiger partial charge < -0.3 is 78.7 Å². The Kier molecular flexibility index (Phi) is 39.9. The molecule has 1 radical (unpaired) electrons. The molecule has 3 aliphatic heterocycles. The van der Waals surface area contributed by atoms with Gasteiger partial charge in [-0.1, -0.05) is 37.7 Å². The summed E-state index contributed by atoms with van der Waals surface area (Å²) in [6.07, 6.45) is 44.5. The SMILES string of the molecule is CCCC(CC(CC(CC)c1cc[n+](CCCCCC(=O)NCCCCCC[N+]2=CC=NC2c2cccc(C)n2)cc1)c1ccncc1)c1cc[n+](CCCCCOC(=O)[O-])cc1.C[N+]1=CC=NC1c1[n-]cc[n+]1C.Cn1ccnc1C1=NCC=[N+]1C.[Cl-].[Cl-].[Cl-].[Cl-].[Os+]. The summed E-state index contributed by atoms with van der Waals surface area (Å²) in [5.41, 5.74) is 6.16. The number of pyridine rings is 4. The van der Waals surface area contributed by atoms with Crippen LogP contribution in [-0.2, 0) is 56.5 Å². The topological polar surface area (TPSA) is 194 Å². The van der Waals surface area contributed by atoms with E-state index in [-0.39, 0.29) is 94.3 Å². The molecule has 1 N–H and O–H groups in total. The number of halogens is 4. The van der Waals surface area contributed by atoms with Crippen molar-refractivity contribution in [3.05, 3.63) is 156 Å². The van der Waals surface area contributed by atoms with Crippen molar-refractivity contribution in [2.75, 3.05) is 40.3 Å². The van der Waals surface area contributed by atoms with Gasteiger partial charge in [0.15, 0.2) is 43.8 Å². The van der Waals surface area contributed by atoms with Gasteiger partial charge >= 0.3 is 31.8 Å². The number of amidine groups is 1. The van der Waals surface area contributed by atoms with Gasteiger partial charge in [0.05, 0.1) is 19.5 Å². The molecule has 0 saturated carbocycles. The molecule has 0 fully saturated rings. The number of carbonyl (C=O) groups excluding carboxylic acids is 2. The van der Waals surface area contributed by atoms with E-state index in [4.69, 9.17) is 0 Å². The largest absolute Gasteiger partial charge is 1.00 e. The number of aliphatic imine (C=N–C) groups is 3. The van der Waals surface area contributed by atoms with Crippen molar-refractivity contribution < 1.29 is 116 Å². The van der Waals surface area contributed by atoms with Crippen molar-refractivity contribution in [2.24, 2.45) is 29.1 Å². The third-order valence-electron chi connectivity index (χ3n) is 16.4. The molecular formula is C68H95Cl4N15O4Os+. The minimum atomic E-state index is -1.45. The van der Waals surface area contributed by atoms with Crippen LogP contribution in [0, 0.1) is 6.92 Å². The Bertz CT molecular complexity index is 3270. The molecule has 0 bridgehead atoms. The van der Waals surface area contributed by atoms with Crippen LogP contribution in [0.1, 0.15) is 186 Å². The van der Waals surface area contributed by atoms with Crippen LogP contribution < -0.4 is 78.7 Å². The molecule has 3 aliphatic rings. The number of hydrogen-bond acceptors (Lipinski definition) is 10. The molecule has 9 rings (SSSR count). The van der Waals surface area contributed by atoms with Crippen molar-refractivity contribution in [2.45, 2.75) is 167 Å². The number of nitrogens with one attached hydrogen (secondary N) is 1. The number of rotatable bonds is 32. The van der Waals surface area contributed by atoms with E-state index in [0.717, 1.165) is 151 Å². The average Bonchev–Trinajstić information content (AvgIpc) is 1.63. The van der Waals surface area contributed by atoms with Gasteiger partial charge in [-0.05, 0) is 130 Å². The monoisotopic (exact) mass is 1520 g/mol. The molecule has 19 nitrogen and oxygen atoms in total. The Hall–Kier alpha value is -6.42. The molecule has 0 aliphatic carbocycles. The standard InChI is InChI=1S/C52H72N7O4.2C8H11N4.4ClH.Os/c1-4-17-47(46-25-36-58(37-26-46)32-13-9-15-39-63-52(61)62)41-48(44-21-28-53-29-22-44)40-43(5-2)45-23-34-57(35-24-45)31-12-8-10-20-50(60)54-27-11-6-7-14-33-59-38-30-55-51(59)49-19-16-18-42(3)56-49;2*1-11-5-3-9-7(11)8-10-4-6-12(8)2;;;;;/h16,18-19,21-26,28-30,34-38,43,47-48,51H,4-15,17,20,27,31-33,39-41H2,1-3H3;3,5-6H,4H2,1-2H3;3-7H,1-2H3;4*1H;/q3*+1;;;;;+1/p-3. The van der Waals surface area contributed by atoms with Crippen LogP contribution in [0.2, 0.25) is 0 Å². The number of unbranched alkanes of at least 4 members (excludes halogenated alkanes) is 7. The van der Waals surface area contributed by atoms with Gasteiger partial charge in [-0.15, -0.1) is 0 Å². The van der Waals surface area contributed by atoms with Crippen LogP contribution in [-0.4, -0.2) is 123 Å². The van der Waals surface area contributed by atoms with Crippen molar-refractivity contribution in [1.82, 2.24) is 29.8 Å². The minimum Gasteiger partial charge on any atom is -1.00 e. The smallest absolute Gasteiger partial charge is 1.00 e. The predicted molar refractivity (Wildman–Crippen MR) is 338 cm³/mol. The Morgan fingerprint density at radius 3 is 1.93 bits per heavy atom. The van der Waals surface area contributed by atoms with Gasteiger partial charge in [0.2, 0.25) is 17.6 Å². The second-order valence-corrected chi connectivity index (χ2v) is 23.0. The number of hydrogen-bond donors (Lipinski definition) is 1. The Morgan fingerprint density at radius 2 is 1.35 bits per heavy atom. The number of aryl methyl sites for hydroxylation is 5. The number of aromatic nitrogens is 8. The summed E-state index contributed by atoms with van der Waals surface area (Å²) in [5, 5.41) is 13.6. The molecular weight excluding hydrogens is 1420 g/mol. The first-order valence-corrected chi connectivity index (χ1v) is 31.6. The average molecular weight is 1520 g/mol. The summed E-state index contributed by atoms with van der Waals surface area (Å²) < 4.78 is 19.3. The minimum absolute atomic E-state index is 0. The van der Waals surface area contributed by atoms with Crippen LogP contribution in [0.25, 0.3) is 0 Å². The molecule has 6 aromatic heterocycles. The first kappa shape index (κ1) is 81.7. The summed E-state index contributed by atoms with van der Waals surface area (Å²) >= 11 is 0. The van der Waals surface area contributed by atoms with Crippen LogP contribution in [0.4, 0.5) is 4.79 Å². The number of carbonyl (C=O) groups is 2. The Labute approximate surface area is 583 Å². The molecule has 501 valence electrons. The van der Waals surface area contributed by atoms with Gasteiger partial charge in [0.1, 0.15) is 38.6 Å². The molecule has 5 unspecified atom stereocenters. The first-order chi connectivity index (χ1) is 42.4. The number of amides is 1. The molecule has 0 aromatic carbocycles. The zero-order valence-electron chi connectivity index (χ0n) is 54.6. The van der Waals surface area contributed by atoms with Gasteiger partial charge in [-0.3, -0.25) is 9.78 Å². The van der Waals surface area contributed by atoms with Gasteiger partial charge in [0, 0.05) is 120 Å². The van der Waals surface area contributed by atoms with Crippen LogP contribution in [0.5, 0.6) is 0 Å². The molecule has 0 spiro atoms. The Morgan fingerprint density at radius 1 is 0.728 bits per heavy atom. The molecule has 1 amide bonds. The van der Waals surface area contributed by atoms with Crippen LogP contribution in [0.3, 0.4) is 0 Å². The van der Waals surface area contributed by atoms with Crippen LogP contribution >= 0.6 is 0 Å². The second kappa shape index (κ2) is 45.0. The first-order valence-electron chi connectivity index (χ1n) is 31.6. The van der Waals surface area contributed by atoms with E-state index in [9.17, 15) is 14.7 Å². The normalized spacial score (nSPS) is 15.1. The summed E-state index contributed by atoms with van der Waals surface area (Å²) in [6.45, 7) is 11.1. The summed E-state index contributed by atoms with van der Waals surface area (Å²) in [6, 6.07) is 19.7. The summed E-state index contributed by atoms with van der Waals surface area (Å²) in [4.78, 5) is 53.6. The maximum atomic E-state index is 12.5. The van der Waals surface area contributed by atoms with Crippen LogP contribution in [0.15, 0.2) is 132 Å². The summed E-state index contributed by atoms with van der Waals surface area (Å²) in [7, 11) is 7.92. The maximum absolute atomic E-state index is 12.5. The van der Waals surface area contributed by atoms with Crippen molar-refractivity contribution in [1.29, 1.82) is 0 Å². The number of nitrogens with zero attached hydrogens (tertiary/aromatic N) is 14. The predicted octanol–water partition coefficient (Wildman–Crippen LogP) is -4.19. The van der Waals surface area contributed by atoms with E-state index >= 15 is 0 Å². The number of ether oxygens (including phenoxy) is 1. The maximum Gasteiger partial charge on any atom is 1.00 e. The van der Waals surface area contributed by atoms with Gasteiger partial charge in [0.25, 0.3) is 12.3 Å². The quantitative estimate of drug-likeness (QED) is 0.0250. The molecule has 0 saturated heterocycles. The van der Waals surface area contributed by atoms with E-state index in [2.05, 4.69) is 146 Å². The number of imidazole rings is 2. The molecule has 9 heterocycles. The molecule has 6 aromatic rings. The van der Waals surface area contributed by atoms with E-state index in [0.29, 0.717) is 30.6 Å². The fourth-order valence-electron chi connectivity index (χ4n) is 11.4. The molecule has 5 atom stereocenters. The fraction of sp³-hybridized carbons (Fsp3) is 0.500. The fourth-order valence-corrected chi connectivity index (χ4v) is 11.4. The zero-order valence-corrected chi connectivity index (χ0v) is 60.1. The van der Waals surface area contributed by atoms with Crippen molar-refractivity contribution >= 4 is 49.0 Å². The second-order valence-electron chi connectivity index (χ2n) is 23.0. The molecule has 92 heavy (non-hydrogen) atoms. The van der Waals surface area contributed by atoms with E-state index in [1.165, 1.54) is 16.7 Å². The van der Waals surface area contributed by atoms with Crippen molar-refractivity contribution in [3.63, 3.8) is 0 Å². The Balaban J connectivity index is 0.000000817. The third kappa shape index (κ3) is 26.9. The number of carboxylic acid groups (broad SMARTS) is 1. The summed E-state index contributed by atoms with van der Waals surface area (Å²) in [5.74, 6) is 4.33. The van der Waals surface area contributed by atoms with Gasteiger partial charge in [-0.25, -0.2) is 47.8 Å². The zero-order chi connectivity index (χ0) is 61.6. The van der Waals surface area contributed by atoms with E-state index in [1.807, 2.05) is 109 Å². The molecule has 24 heteroatoms. The third-order valence-corrected chi connectivity index (χ3v) is 16.4.